The molecule has 1 saturated heterocycles. The van der Waals surface area contributed by atoms with Crippen molar-refractivity contribution in [2.75, 3.05) is 26.8 Å². The average molecular weight is 487 g/mol. The van der Waals surface area contributed by atoms with E-state index in [4.69, 9.17) is 16.3 Å². The molecule has 2 atom stereocenters. The van der Waals surface area contributed by atoms with E-state index in [1.165, 1.54) is 7.11 Å². The Morgan fingerprint density at radius 2 is 2.12 bits per heavy atom. The number of hydrogen-bond donors (Lipinski definition) is 4. The van der Waals surface area contributed by atoms with Crippen LogP contribution in [0.2, 0.25) is 5.02 Å². The number of imidazole rings is 1. The molecule has 4 rings (SSSR count). The van der Waals surface area contributed by atoms with Crippen LogP contribution in [-0.4, -0.2) is 63.8 Å². The van der Waals surface area contributed by atoms with Crippen LogP contribution in [0.1, 0.15) is 46.2 Å². The van der Waals surface area contributed by atoms with E-state index in [0.29, 0.717) is 33.1 Å². The van der Waals surface area contributed by atoms with Gasteiger partial charge in [-0.25, -0.2) is 4.98 Å². The quantitative estimate of drug-likeness (QED) is 0.421. The molecule has 3 aromatic rings. The molecular formula is C24H27ClN4O5. The summed E-state index contributed by atoms with van der Waals surface area (Å²) in [6.45, 7) is 2.29. The van der Waals surface area contributed by atoms with Gasteiger partial charge in [0.1, 0.15) is 17.5 Å². The molecule has 1 aliphatic heterocycles. The SMILES string of the molecule is COC[C@H](NC(=O)c1ccc(C2(O)CCN(O)CCC2=O)c(C)c1)c1nc2cc(Cl)ccc2[nH]1. The number of nitrogens with zero attached hydrogens (tertiary/aromatic N) is 2. The summed E-state index contributed by atoms with van der Waals surface area (Å²) in [5.41, 5.74) is 1.18. The van der Waals surface area contributed by atoms with Crippen molar-refractivity contribution in [2.24, 2.45) is 0 Å². The second kappa shape index (κ2) is 9.81. The Morgan fingerprint density at radius 1 is 1.32 bits per heavy atom. The Balaban J connectivity index is 1.57. The topological polar surface area (TPSA) is 128 Å². The Morgan fingerprint density at radius 3 is 2.85 bits per heavy atom. The van der Waals surface area contributed by atoms with Gasteiger partial charge in [0, 0.05) is 43.6 Å². The number of hydrogen-bond acceptors (Lipinski definition) is 7. The fraction of sp³-hybridized carbons (Fsp3) is 0.375. The van der Waals surface area contributed by atoms with Gasteiger partial charge in [0.2, 0.25) is 0 Å². The number of amides is 1. The van der Waals surface area contributed by atoms with Crippen molar-refractivity contribution in [2.45, 2.75) is 31.4 Å². The molecule has 1 aliphatic rings. The second-order valence-corrected chi connectivity index (χ2v) is 8.97. The Kier molecular flexibility index (Phi) is 7.01. The van der Waals surface area contributed by atoms with Gasteiger partial charge in [0.25, 0.3) is 5.91 Å². The van der Waals surface area contributed by atoms with Gasteiger partial charge >= 0.3 is 0 Å². The molecule has 1 amide bonds. The minimum atomic E-state index is -1.70. The first-order valence-electron chi connectivity index (χ1n) is 11.0. The molecule has 0 radical (unpaired) electrons. The largest absolute Gasteiger partial charge is 0.382 e. The molecular weight excluding hydrogens is 460 g/mol. The third-order valence-electron chi connectivity index (χ3n) is 6.16. The van der Waals surface area contributed by atoms with Gasteiger partial charge in [-0.05, 0) is 48.4 Å². The monoisotopic (exact) mass is 486 g/mol. The van der Waals surface area contributed by atoms with Crippen molar-refractivity contribution in [3.8, 4) is 0 Å². The molecule has 1 unspecified atom stereocenters. The fourth-order valence-corrected chi connectivity index (χ4v) is 4.46. The molecule has 4 N–H and O–H groups in total. The smallest absolute Gasteiger partial charge is 0.251 e. The summed E-state index contributed by atoms with van der Waals surface area (Å²) in [6, 6.07) is 9.59. The lowest BCUT2D eigenvalue weighted by Crippen LogP contribution is -2.37. The maximum atomic E-state index is 13.1. The van der Waals surface area contributed by atoms with Crippen molar-refractivity contribution < 1.29 is 24.6 Å². The van der Waals surface area contributed by atoms with E-state index >= 15 is 0 Å². The van der Waals surface area contributed by atoms with Gasteiger partial charge < -0.3 is 25.4 Å². The van der Waals surface area contributed by atoms with E-state index in [9.17, 15) is 19.9 Å². The molecule has 34 heavy (non-hydrogen) atoms. The Bertz CT molecular complexity index is 1230. The molecule has 1 fully saturated rings. The minimum absolute atomic E-state index is 0.0378. The third-order valence-corrected chi connectivity index (χ3v) is 6.39. The predicted octanol–water partition coefficient (Wildman–Crippen LogP) is 2.88. The van der Waals surface area contributed by atoms with Gasteiger partial charge in [-0.15, -0.1) is 0 Å². The van der Waals surface area contributed by atoms with Crippen LogP contribution in [0.5, 0.6) is 0 Å². The maximum absolute atomic E-state index is 13.1. The lowest BCUT2D eigenvalue weighted by Gasteiger charge is -2.27. The summed E-state index contributed by atoms with van der Waals surface area (Å²) in [5, 5.41) is 25.4. The van der Waals surface area contributed by atoms with Crippen LogP contribution in [0.4, 0.5) is 0 Å². The summed E-state index contributed by atoms with van der Waals surface area (Å²) in [7, 11) is 1.54. The zero-order chi connectivity index (χ0) is 24.5. The zero-order valence-corrected chi connectivity index (χ0v) is 19.7. The first-order valence-corrected chi connectivity index (χ1v) is 11.3. The van der Waals surface area contributed by atoms with Gasteiger partial charge in [0.15, 0.2) is 5.78 Å². The number of carbonyl (C=O) groups excluding carboxylic acids is 2. The van der Waals surface area contributed by atoms with Crippen molar-refractivity contribution in [3.05, 3.63) is 63.9 Å². The molecule has 0 spiro atoms. The van der Waals surface area contributed by atoms with Crippen molar-refractivity contribution in [3.63, 3.8) is 0 Å². The highest BCUT2D eigenvalue weighted by molar-refractivity contribution is 6.31. The van der Waals surface area contributed by atoms with E-state index in [-0.39, 0.29) is 44.2 Å². The average Bonchev–Trinajstić information content (AvgIpc) is 3.18. The highest BCUT2D eigenvalue weighted by Crippen LogP contribution is 2.32. The molecule has 0 saturated carbocycles. The number of aromatic nitrogens is 2. The zero-order valence-electron chi connectivity index (χ0n) is 19.0. The third kappa shape index (κ3) is 4.84. The number of ketones is 1. The summed E-state index contributed by atoms with van der Waals surface area (Å²) >= 11 is 6.05. The molecule has 0 bridgehead atoms. The number of Topliss-reactive ketones (excluding diaryl/α,β-unsaturated/α-hetero) is 1. The maximum Gasteiger partial charge on any atom is 0.251 e. The molecule has 2 aromatic carbocycles. The predicted molar refractivity (Wildman–Crippen MR) is 126 cm³/mol. The number of methoxy groups -OCH3 is 1. The van der Waals surface area contributed by atoms with Crippen LogP contribution in [-0.2, 0) is 15.1 Å². The highest BCUT2D eigenvalue weighted by atomic mass is 35.5. The summed E-state index contributed by atoms with van der Waals surface area (Å²) in [5.74, 6) is -0.168. The van der Waals surface area contributed by atoms with Crippen molar-refractivity contribution >= 4 is 34.3 Å². The number of halogens is 1. The molecule has 0 aliphatic carbocycles. The number of nitrogens with one attached hydrogen (secondary N) is 2. The van der Waals surface area contributed by atoms with E-state index in [0.717, 1.165) is 10.6 Å². The molecule has 1 aromatic heterocycles. The standard InChI is InChI=1S/C24H27ClN4O5/c1-14-11-15(3-5-17(14)24(32)8-10-29(33)9-7-21(24)30)23(31)28-20(13-34-2)22-26-18-6-4-16(25)12-19(18)27-22/h3-6,11-12,20,32-33H,7-10,13H2,1-2H3,(H,26,27)(H,28,31)/t20-,24?/m0/s1. The summed E-state index contributed by atoms with van der Waals surface area (Å²) in [6.07, 6.45) is 0.108. The molecule has 10 heteroatoms. The lowest BCUT2D eigenvalue weighted by atomic mass is 9.82. The number of fused-ring (bicyclic) bond motifs is 1. The second-order valence-electron chi connectivity index (χ2n) is 8.53. The Hall–Kier alpha value is -2.82. The first kappa shape index (κ1) is 24.3. The number of aryl methyl sites for hydroxylation is 1. The number of benzene rings is 2. The number of aliphatic hydroxyl groups is 1. The van der Waals surface area contributed by atoms with E-state index < -0.39 is 11.6 Å². The van der Waals surface area contributed by atoms with E-state index in [1.54, 1.807) is 37.3 Å². The number of hydroxylamine groups is 2. The minimum Gasteiger partial charge on any atom is -0.382 e. The number of rotatable bonds is 6. The summed E-state index contributed by atoms with van der Waals surface area (Å²) < 4.78 is 5.29. The Labute approximate surface area is 201 Å². The van der Waals surface area contributed by atoms with Crippen LogP contribution in [0, 0.1) is 6.92 Å². The fourth-order valence-electron chi connectivity index (χ4n) is 4.29. The number of H-pyrrole nitrogens is 1. The van der Waals surface area contributed by atoms with Gasteiger partial charge in [-0.3, -0.25) is 9.59 Å². The van der Waals surface area contributed by atoms with Gasteiger partial charge in [-0.2, -0.15) is 5.06 Å². The van der Waals surface area contributed by atoms with Gasteiger partial charge in [0.05, 0.1) is 17.6 Å². The van der Waals surface area contributed by atoms with Crippen LogP contribution < -0.4 is 5.32 Å². The van der Waals surface area contributed by atoms with E-state index in [2.05, 4.69) is 15.3 Å². The number of ether oxygens (including phenoxy) is 1. The van der Waals surface area contributed by atoms with Crippen molar-refractivity contribution in [1.82, 2.24) is 20.3 Å². The lowest BCUT2D eigenvalue weighted by molar-refractivity contribution is -0.138. The van der Waals surface area contributed by atoms with Crippen LogP contribution in [0.3, 0.4) is 0 Å². The summed E-state index contributed by atoms with van der Waals surface area (Å²) in [4.78, 5) is 33.4. The first-order chi connectivity index (χ1) is 16.2. The van der Waals surface area contributed by atoms with Gasteiger partial charge in [-0.1, -0.05) is 17.7 Å². The van der Waals surface area contributed by atoms with E-state index in [1.807, 2.05) is 6.07 Å². The highest BCUT2D eigenvalue weighted by Gasteiger charge is 2.40. The molecule has 9 nitrogen and oxygen atoms in total. The van der Waals surface area contributed by atoms with Crippen LogP contribution in [0.15, 0.2) is 36.4 Å². The van der Waals surface area contributed by atoms with Crippen molar-refractivity contribution in [1.29, 1.82) is 0 Å². The molecule has 180 valence electrons. The number of aromatic amines is 1. The normalized spacial score (nSPS) is 20.3. The molecule has 2 heterocycles. The van der Waals surface area contributed by atoms with Crippen LogP contribution in [0.25, 0.3) is 11.0 Å². The van der Waals surface area contributed by atoms with Crippen LogP contribution >= 0.6 is 11.6 Å². The number of carbonyl (C=O) groups is 2.